The highest BCUT2D eigenvalue weighted by atomic mass is 19.1. The van der Waals surface area contributed by atoms with Crippen molar-refractivity contribution in [2.24, 2.45) is 0 Å². The maximum atomic E-state index is 13.1. The molecule has 0 radical (unpaired) electrons. The molecule has 2 heterocycles. The van der Waals surface area contributed by atoms with E-state index in [1.54, 1.807) is 0 Å². The third kappa shape index (κ3) is 3.91. The number of piperazine rings is 1. The van der Waals surface area contributed by atoms with E-state index in [1.165, 1.54) is 12.1 Å². The largest absolute Gasteiger partial charge is 0.368 e. The number of rotatable bonds is 5. The number of halogens is 1. The number of hydrogen-bond acceptors (Lipinski definition) is 5. The molecule has 0 aliphatic carbocycles. The third-order valence-electron chi connectivity index (χ3n) is 5.04. The molecule has 0 amide bonds. The summed E-state index contributed by atoms with van der Waals surface area (Å²) in [6.07, 6.45) is 1.83. The van der Waals surface area contributed by atoms with Gasteiger partial charge in [-0.1, -0.05) is 18.2 Å². The van der Waals surface area contributed by atoms with Crippen LogP contribution in [0.15, 0.2) is 66.9 Å². The lowest BCUT2D eigenvalue weighted by molar-refractivity contribution is 0.623. The molecule has 28 heavy (non-hydrogen) atoms. The van der Waals surface area contributed by atoms with E-state index in [0.29, 0.717) is 0 Å². The number of benzene rings is 2. The smallest absolute Gasteiger partial charge is 0.227 e. The van der Waals surface area contributed by atoms with Crippen molar-refractivity contribution in [3.8, 4) is 0 Å². The van der Waals surface area contributed by atoms with Crippen LogP contribution in [0.25, 0.3) is 0 Å². The van der Waals surface area contributed by atoms with Gasteiger partial charge < -0.3 is 14.7 Å². The summed E-state index contributed by atoms with van der Waals surface area (Å²) in [4.78, 5) is 16.0. The van der Waals surface area contributed by atoms with Crippen molar-refractivity contribution in [3.63, 3.8) is 0 Å². The fourth-order valence-corrected chi connectivity index (χ4v) is 3.54. The van der Waals surface area contributed by atoms with Crippen LogP contribution in [0.2, 0.25) is 0 Å². The first kappa shape index (κ1) is 18.2. The molecular weight excluding hydrogens is 353 g/mol. The van der Waals surface area contributed by atoms with E-state index in [0.717, 1.165) is 55.9 Å². The lowest BCUT2D eigenvalue weighted by Gasteiger charge is -2.36. The Bertz CT molecular complexity index is 892. The van der Waals surface area contributed by atoms with Crippen LogP contribution in [0.3, 0.4) is 0 Å². The number of para-hydroxylation sites is 1. The molecule has 0 unspecified atom stereocenters. The van der Waals surface area contributed by atoms with Gasteiger partial charge in [0.15, 0.2) is 0 Å². The topological polar surface area (TPSA) is 35.5 Å². The molecule has 4 rings (SSSR count). The van der Waals surface area contributed by atoms with Crippen molar-refractivity contribution in [2.75, 3.05) is 47.4 Å². The Balaban J connectivity index is 1.47. The Hall–Kier alpha value is -3.15. The van der Waals surface area contributed by atoms with E-state index in [1.807, 2.05) is 42.6 Å². The van der Waals surface area contributed by atoms with Crippen molar-refractivity contribution >= 4 is 23.1 Å². The minimum atomic E-state index is -0.202. The van der Waals surface area contributed by atoms with Crippen molar-refractivity contribution < 1.29 is 4.39 Å². The van der Waals surface area contributed by atoms with Gasteiger partial charge in [0.25, 0.3) is 0 Å². The lowest BCUT2D eigenvalue weighted by Crippen LogP contribution is -2.47. The van der Waals surface area contributed by atoms with Gasteiger partial charge in [0.2, 0.25) is 5.95 Å². The summed E-state index contributed by atoms with van der Waals surface area (Å²) in [6.45, 7) is 6.33. The van der Waals surface area contributed by atoms with E-state index < -0.39 is 0 Å². The monoisotopic (exact) mass is 377 g/mol. The quantitative estimate of drug-likeness (QED) is 0.669. The third-order valence-corrected chi connectivity index (χ3v) is 5.04. The molecule has 0 N–H and O–H groups in total. The summed E-state index contributed by atoms with van der Waals surface area (Å²) in [6, 6.07) is 18.9. The summed E-state index contributed by atoms with van der Waals surface area (Å²) in [7, 11) is 0. The van der Waals surface area contributed by atoms with E-state index in [2.05, 4.69) is 38.7 Å². The first-order chi connectivity index (χ1) is 13.7. The molecule has 144 valence electrons. The zero-order chi connectivity index (χ0) is 19.3. The second-order valence-corrected chi connectivity index (χ2v) is 6.75. The Kier molecular flexibility index (Phi) is 5.37. The van der Waals surface area contributed by atoms with Crippen LogP contribution < -0.4 is 14.7 Å². The molecule has 1 fully saturated rings. The van der Waals surface area contributed by atoms with Gasteiger partial charge in [-0.2, -0.15) is 4.98 Å². The molecule has 0 saturated carbocycles. The maximum absolute atomic E-state index is 13.1. The summed E-state index contributed by atoms with van der Waals surface area (Å²) in [5, 5.41) is 0. The Morgan fingerprint density at radius 3 is 2.25 bits per heavy atom. The summed E-state index contributed by atoms with van der Waals surface area (Å²) >= 11 is 0. The van der Waals surface area contributed by atoms with Gasteiger partial charge in [0.05, 0.1) is 0 Å². The minimum Gasteiger partial charge on any atom is -0.368 e. The van der Waals surface area contributed by atoms with Gasteiger partial charge >= 0.3 is 0 Å². The Morgan fingerprint density at radius 2 is 1.57 bits per heavy atom. The van der Waals surface area contributed by atoms with Gasteiger partial charge in [-0.15, -0.1) is 0 Å². The van der Waals surface area contributed by atoms with Crippen LogP contribution >= 0.6 is 0 Å². The van der Waals surface area contributed by atoms with Gasteiger partial charge in [-0.3, -0.25) is 0 Å². The van der Waals surface area contributed by atoms with E-state index >= 15 is 0 Å². The predicted molar refractivity (Wildman–Crippen MR) is 112 cm³/mol. The van der Waals surface area contributed by atoms with Crippen LogP contribution in [0, 0.1) is 5.82 Å². The summed E-state index contributed by atoms with van der Waals surface area (Å²) < 4.78 is 13.1. The van der Waals surface area contributed by atoms with Gasteiger partial charge in [-0.25, -0.2) is 9.37 Å². The van der Waals surface area contributed by atoms with E-state index in [9.17, 15) is 4.39 Å². The first-order valence-electron chi connectivity index (χ1n) is 9.65. The van der Waals surface area contributed by atoms with Gasteiger partial charge in [0.1, 0.15) is 11.6 Å². The van der Waals surface area contributed by atoms with Crippen LogP contribution in [-0.2, 0) is 0 Å². The molecule has 0 bridgehead atoms. The highest BCUT2D eigenvalue weighted by molar-refractivity contribution is 5.60. The number of hydrogen-bond donors (Lipinski definition) is 0. The maximum Gasteiger partial charge on any atom is 0.227 e. The van der Waals surface area contributed by atoms with Crippen molar-refractivity contribution in [3.05, 3.63) is 72.7 Å². The van der Waals surface area contributed by atoms with Crippen LogP contribution in [0.5, 0.6) is 0 Å². The van der Waals surface area contributed by atoms with Crippen LogP contribution in [-0.4, -0.2) is 42.7 Å². The lowest BCUT2D eigenvalue weighted by atomic mass is 10.2. The molecule has 1 aliphatic rings. The standard InChI is InChI=1S/C22H24FN5/c1-2-28(20-6-4-3-5-7-20)21-12-13-24-22(25-21)27-16-14-26(15-17-27)19-10-8-18(23)9-11-19/h3-13H,2,14-17H2,1H3. The average molecular weight is 377 g/mol. The van der Waals surface area contributed by atoms with Gasteiger partial charge in [-0.05, 0) is 49.4 Å². The summed E-state index contributed by atoms with van der Waals surface area (Å²) in [5.41, 5.74) is 2.17. The molecule has 1 aromatic heterocycles. The first-order valence-corrected chi connectivity index (χ1v) is 9.65. The second kappa shape index (κ2) is 8.25. The van der Waals surface area contributed by atoms with Crippen LogP contribution in [0.1, 0.15) is 6.92 Å². The minimum absolute atomic E-state index is 0.202. The highest BCUT2D eigenvalue weighted by Crippen LogP contribution is 2.25. The number of nitrogens with zero attached hydrogens (tertiary/aromatic N) is 5. The zero-order valence-corrected chi connectivity index (χ0v) is 16.0. The average Bonchev–Trinajstić information content (AvgIpc) is 2.76. The van der Waals surface area contributed by atoms with Crippen LogP contribution in [0.4, 0.5) is 27.5 Å². The van der Waals surface area contributed by atoms with Crippen molar-refractivity contribution in [2.45, 2.75) is 6.92 Å². The zero-order valence-electron chi connectivity index (χ0n) is 16.0. The SMILES string of the molecule is CCN(c1ccccc1)c1ccnc(N2CCN(c3ccc(F)cc3)CC2)n1. The highest BCUT2D eigenvalue weighted by Gasteiger charge is 2.20. The van der Waals surface area contributed by atoms with Crippen molar-refractivity contribution in [1.29, 1.82) is 0 Å². The molecule has 1 saturated heterocycles. The number of aromatic nitrogens is 2. The molecule has 2 aromatic carbocycles. The fraction of sp³-hybridized carbons (Fsp3) is 0.273. The van der Waals surface area contributed by atoms with E-state index in [4.69, 9.17) is 4.98 Å². The second-order valence-electron chi connectivity index (χ2n) is 6.75. The molecule has 0 atom stereocenters. The molecule has 6 heteroatoms. The Morgan fingerprint density at radius 1 is 0.893 bits per heavy atom. The van der Waals surface area contributed by atoms with E-state index in [-0.39, 0.29) is 5.82 Å². The Labute approximate surface area is 165 Å². The molecule has 5 nitrogen and oxygen atoms in total. The van der Waals surface area contributed by atoms with Crippen molar-refractivity contribution in [1.82, 2.24) is 9.97 Å². The fourth-order valence-electron chi connectivity index (χ4n) is 3.54. The molecule has 1 aliphatic heterocycles. The molecule has 3 aromatic rings. The molecular formula is C22H24FN5. The molecule has 0 spiro atoms. The number of anilines is 4. The normalized spacial score (nSPS) is 14.2. The predicted octanol–water partition coefficient (Wildman–Crippen LogP) is 4.10. The summed E-state index contributed by atoms with van der Waals surface area (Å²) in [5.74, 6) is 1.46. The van der Waals surface area contributed by atoms with Gasteiger partial charge in [0, 0.05) is 50.3 Å².